The van der Waals surface area contributed by atoms with Gasteiger partial charge in [0.05, 0.1) is 6.61 Å². The van der Waals surface area contributed by atoms with Crippen molar-refractivity contribution in [3.8, 4) is 0 Å². The SMILES string of the molecule is CCOC(=O)c1cnc(SC)nc1Nc1cccc(N=S(C)(C)=O)n1. The Bertz CT molecular complexity index is 886. The molecule has 0 spiro atoms. The van der Waals surface area contributed by atoms with Crippen LogP contribution in [0.5, 0.6) is 0 Å². The van der Waals surface area contributed by atoms with Crippen LogP contribution in [0, 0.1) is 0 Å². The minimum atomic E-state index is -2.32. The predicted molar refractivity (Wildman–Crippen MR) is 99.4 cm³/mol. The lowest BCUT2D eigenvalue weighted by atomic mass is 10.3. The molecule has 134 valence electrons. The molecular formula is C15H19N5O3S2. The molecule has 0 atom stereocenters. The van der Waals surface area contributed by atoms with Crippen molar-refractivity contribution in [1.82, 2.24) is 15.0 Å². The van der Waals surface area contributed by atoms with Gasteiger partial charge in [0.1, 0.15) is 11.4 Å². The summed E-state index contributed by atoms with van der Waals surface area (Å²) in [6.45, 7) is 1.97. The van der Waals surface area contributed by atoms with E-state index in [0.29, 0.717) is 16.8 Å². The first-order chi connectivity index (χ1) is 11.8. The molecular weight excluding hydrogens is 362 g/mol. The Kier molecular flexibility index (Phi) is 6.32. The molecule has 8 nitrogen and oxygen atoms in total. The molecule has 0 aliphatic carbocycles. The molecule has 2 aromatic heterocycles. The zero-order valence-corrected chi connectivity index (χ0v) is 16.0. The van der Waals surface area contributed by atoms with E-state index >= 15 is 0 Å². The Morgan fingerprint density at radius 1 is 1.36 bits per heavy atom. The summed E-state index contributed by atoms with van der Waals surface area (Å²) in [6.07, 6.45) is 6.31. The van der Waals surface area contributed by atoms with Gasteiger partial charge in [0.2, 0.25) is 0 Å². The lowest BCUT2D eigenvalue weighted by Crippen LogP contribution is -2.11. The number of pyridine rings is 1. The molecule has 0 unspecified atom stereocenters. The van der Waals surface area contributed by atoms with Gasteiger partial charge in [-0.05, 0) is 25.3 Å². The number of nitrogens with one attached hydrogen (secondary N) is 1. The third-order valence-corrected chi connectivity index (χ3v) is 3.93. The molecule has 2 rings (SSSR count). The van der Waals surface area contributed by atoms with Crippen LogP contribution >= 0.6 is 11.8 Å². The standard InChI is InChI=1S/C15H19N5O3S2/c1-5-23-14(21)10-9-16-15(24-2)19-13(10)18-11-7-6-8-12(17-11)20-25(3,4)22/h6-9H,5H2,1-4H3,(H,16,17,18,19). The molecule has 0 fully saturated rings. The molecule has 0 aliphatic heterocycles. The van der Waals surface area contributed by atoms with Crippen molar-refractivity contribution in [3.05, 3.63) is 30.0 Å². The van der Waals surface area contributed by atoms with E-state index in [1.165, 1.54) is 30.5 Å². The summed E-state index contributed by atoms with van der Waals surface area (Å²) in [5.41, 5.74) is 0.207. The highest BCUT2D eigenvalue weighted by Gasteiger charge is 2.16. The number of carbonyl (C=O) groups is 1. The van der Waals surface area contributed by atoms with Crippen LogP contribution in [-0.2, 0) is 14.5 Å². The zero-order valence-electron chi connectivity index (χ0n) is 14.3. The number of nitrogens with zero attached hydrogens (tertiary/aromatic N) is 4. The summed E-state index contributed by atoms with van der Waals surface area (Å²) in [4.78, 5) is 24.8. The van der Waals surface area contributed by atoms with Crippen molar-refractivity contribution in [2.75, 3.05) is 30.7 Å². The maximum absolute atomic E-state index is 12.1. The van der Waals surface area contributed by atoms with Crippen LogP contribution in [0.3, 0.4) is 0 Å². The Labute approximate surface area is 151 Å². The molecule has 0 aromatic carbocycles. The second-order valence-corrected chi connectivity index (χ2v) is 8.44. The van der Waals surface area contributed by atoms with Gasteiger partial charge in [-0.2, -0.15) is 4.36 Å². The molecule has 0 amide bonds. The molecule has 0 saturated carbocycles. The van der Waals surface area contributed by atoms with Crippen molar-refractivity contribution in [2.45, 2.75) is 12.1 Å². The van der Waals surface area contributed by atoms with Gasteiger partial charge in [-0.25, -0.2) is 24.0 Å². The van der Waals surface area contributed by atoms with Gasteiger partial charge in [0.15, 0.2) is 16.8 Å². The molecule has 10 heteroatoms. The van der Waals surface area contributed by atoms with E-state index in [4.69, 9.17) is 4.74 Å². The normalized spacial score (nSPS) is 11.0. The smallest absolute Gasteiger partial charge is 0.343 e. The van der Waals surface area contributed by atoms with Gasteiger partial charge in [0.25, 0.3) is 0 Å². The Balaban J connectivity index is 2.40. The van der Waals surface area contributed by atoms with Gasteiger partial charge >= 0.3 is 5.97 Å². The summed E-state index contributed by atoms with van der Waals surface area (Å²) in [5, 5.41) is 3.48. The minimum absolute atomic E-state index is 0.207. The van der Waals surface area contributed by atoms with Crippen molar-refractivity contribution in [1.29, 1.82) is 0 Å². The lowest BCUT2D eigenvalue weighted by Gasteiger charge is -2.10. The average molecular weight is 381 g/mol. The van der Waals surface area contributed by atoms with E-state index in [1.54, 1.807) is 25.1 Å². The molecule has 0 radical (unpaired) electrons. The summed E-state index contributed by atoms with van der Waals surface area (Å²) >= 11 is 1.35. The van der Waals surface area contributed by atoms with Crippen molar-refractivity contribution in [3.63, 3.8) is 0 Å². The number of esters is 1. The number of rotatable bonds is 6. The molecule has 2 aromatic rings. The van der Waals surface area contributed by atoms with E-state index in [-0.39, 0.29) is 18.0 Å². The molecule has 0 saturated heterocycles. The van der Waals surface area contributed by atoms with Crippen LogP contribution < -0.4 is 5.32 Å². The number of hydrogen-bond acceptors (Lipinski definition) is 9. The molecule has 2 heterocycles. The van der Waals surface area contributed by atoms with Crippen LogP contribution in [0.1, 0.15) is 17.3 Å². The summed E-state index contributed by atoms with van der Waals surface area (Å²) in [6, 6.07) is 5.07. The molecule has 0 aliphatic rings. The quantitative estimate of drug-likeness (QED) is 0.462. The van der Waals surface area contributed by atoms with Gasteiger partial charge < -0.3 is 10.1 Å². The topological polar surface area (TPSA) is 106 Å². The number of hydrogen-bond donors (Lipinski definition) is 1. The Morgan fingerprint density at radius 2 is 2.12 bits per heavy atom. The van der Waals surface area contributed by atoms with Gasteiger partial charge in [-0.1, -0.05) is 17.8 Å². The Morgan fingerprint density at radius 3 is 2.76 bits per heavy atom. The first kappa shape index (κ1) is 19.1. The lowest BCUT2D eigenvalue weighted by molar-refractivity contribution is 0.0526. The van der Waals surface area contributed by atoms with Crippen LogP contribution in [0.2, 0.25) is 0 Å². The second-order valence-electron chi connectivity index (χ2n) is 5.12. The molecule has 1 N–H and O–H groups in total. The average Bonchev–Trinajstić information content (AvgIpc) is 2.53. The predicted octanol–water partition coefficient (Wildman–Crippen LogP) is 2.87. The number of aromatic nitrogens is 3. The van der Waals surface area contributed by atoms with Crippen molar-refractivity contribution in [2.24, 2.45) is 4.36 Å². The van der Waals surface area contributed by atoms with E-state index in [1.807, 2.05) is 6.26 Å². The number of ether oxygens (including phenoxy) is 1. The highest BCUT2D eigenvalue weighted by molar-refractivity contribution is 7.98. The van der Waals surface area contributed by atoms with Gasteiger partial charge in [-0.3, -0.25) is 0 Å². The van der Waals surface area contributed by atoms with Crippen molar-refractivity contribution >= 4 is 44.9 Å². The fourth-order valence-corrected chi connectivity index (χ4v) is 2.70. The molecule has 25 heavy (non-hydrogen) atoms. The first-order valence-corrected chi connectivity index (χ1v) is 10.9. The van der Waals surface area contributed by atoms with Gasteiger partial charge in [0, 0.05) is 28.4 Å². The minimum Gasteiger partial charge on any atom is -0.462 e. The third-order valence-electron chi connectivity index (χ3n) is 2.74. The molecule has 0 bridgehead atoms. The maximum Gasteiger partial charge on any atom is 0.343 e. The summed E-state index contributed by atoms with van der Waals surface area (Å²) < 4.78 is 20.9. The third kappa shape index (κ3) is 5.68. The fraction of sp³-hybridized carbons (Fsp3) is 0.333. The largest absolute Gasteiger partial charge is 0.462 e. The highest BCUT2D eigenvalue weighted by Crippen LogP contribution is 2.22. The number of anilines is 2. The van der Waals surface area contributed by atoms with Crippen LogP contribution in [0.25, 0.3) is 0 Å². The monoisotopic (exact) mass is 381 g/mol. The summed E-state index contributed by atoms with van der Waals surface area (Å²) in [7, 11) is -2.32. The second kappa shape index (κ2) is 8.26. The zero-order chi connectivity index (χ0) is 18.4. The maximum atomic E-state index is 12.1. The van der Waals surface area contributed by atoms with E-state index in [2.05, 4.69) is 24.6 Å². The first-order valence-electron chi connectivity index (χ1n) is 7.31. The number of thioether (sulfide) groups is 1. The van der Waals surface area contributed by atoms with E-state index in [9.17, 15) is 9.00 Å². The van der Waals surface area contributed by atoms with E-state index < -0.39 is 15.7 Å². The number of carbonyl (C=O) groups excluding carboxylic acids is 1. The van der Waals surface area contributed by atoms with Crippen LogP contribution in [0.4, 0.5) is 17.5 Å². The summed E-state index contributed by atoms with van der Waals surface area (Å²) in [5.74, 6) is 0.512. The fourth-order valence-electron chi connectivity index (χ4n) is 1.81. The van der Waals surface area contributed by atoms with Crippen molar-refractivity contribution < 1.29 is 13.7 Å². The van der Waals surface area contributed by atoms with Crippen LogP contribution in [0.15, 0.2) is 33.9 Å². The van der Waals surface area contributed by atoms with Crippen LogP contribution in [-0.4, -0.2) is 50.5 Å². The Hall–Kier alpha value is -2.20. The van der Waals surface area contributed by atoms with Gasteiger partial charge in [-0.15, -0.1) is 0 Å². The highest BCUT2D eigenvalue weighted by atomic mass is 32.2. The van der Waals surface area contributed by atoms with E-state index in [0.717, 1.165) is 0 Å².